The summed E-state index contributed by atoms with van der Waals surface area (Å²) in [5, 5.41) is 2.73. The van der Waals surface area contributed by atoms with Crippen LogP contribution in [0.3, 0.4) is 0 Å². The van der Waals surface area contributed by atoms with Gasteiger partial charge in [0.1, 0.15) is 0 Å². The number of nitrogens with one attached hydrogen (secondary N) is 1. The van der Waals surface area contributed by atoms with Crippen LogP contribution in [-0.4, -0.2) is 36.3 Å². The Balaban J connectivity index is 2.27. The van der Waals surface area contributed by atoms with Crippen molar-refractivity contribution in [2.24, 2.45) is 5.92 Å². The molecule has 1 fully saturated rings. The largest absolute Gasteiger partial charge is 0.353 e. The van der Waals surface area contributed by atoms with E-state index in [0.29, 0.717) is 13.1 Å². The van der Waals surface area contributed by atoms with Gasteiger partial charge in [-0.1, -0.05) is 39.5 Å². The third-order valence-electron chi connectivity index (χ3n) is 3.26. The normalized spacial score (nSPS) is 17.8. The van der Waals surface area contributed by atoms with Gasteiger partial charge in [0.25, 0.3) is 0 Å². The quantitative estimate of drug-likeness (QED) is 0.716. The summed E-state index contributed by atoms with van der Waals surface area (Å²) in [4.78, 5) is 24.9. The van der Waals surface area contributed by atoms with Crippen LogP contribution in [0, 0.1) is 5.92 Å². The monoisotopic (exact) mass is 240 g/mol. The predicted molar refractivity (Wildman–Crippen MR) is 67.5 cm³/mol. The molecule has 0 aromatic carbocycles. The first-order chi connectivity index (χ1) is 8.15. The van der Waals surface area contributed by atoms with Crippen molar-refractivity contribution in [3.8, 4) is 0 Å². The highest BCUT2D eigenvalue weighted by Gasteiger charge is 2.24. The molecule has 4 nitrogen and oxygen atoms in total. The Morgan fingerprint density at radius 1 is 1.41 bits per heavy atom. The van der Waals surface area contributed by atoms with Gasteiger partial charge >= 0.3 is 0 Å². The van der Waals surface area contributed by atoms with Crippen LogP contribution in [0.2, 0.25) is 0 Å². The molecule has 1 aliphatic rings. The van der Waals surface area contributed by atoms with Gasteiger partial charge in [-0.05, 0) is 6.42 Å². The highest BCUT2D eigenvalue weighted by Crippen LogP contribution is 2.13. The Morgan fingerprint density at radius 2 is 2.18 bits per heavy atom. The smallest absolute Gasteiger partial charge is 0.239 e. The molecule has 1 unspecified atom stereocenters. The van der Waals surface area contributed by atoms with Crippen LogP contribution in [0.1, 0.15) is 46.0 Å². The molecule has 0 aliphatic carbocycles. The fourth-order valence-electron chi connectivity index (χ4n) is 2.14. The van der Waals surface area contributed by atoms with Gasteiger partial charge in [0.15, 0.2) is 0 Å². The highest BCUT2D eigenvalue weighted by molar-refractivity contribution is 5.86. The van der Waals surface area contributed by atoms with Crippen LogP contribution < -0.4 is 5.32 Å². The third-order valence-corrected chi connectivity index (χ3v) is 3.26. The van der Waals surface area contributed by atoms with E-state index in [1.165, 1.54) is 19.3 Å². The second-order valence-electron chi connectivity index (χ2n) is 4.86. The summed E-state index contributed by atoms with van der Waals surface area (Å²) in [6.45, 7) is 5.64. The van der Waals surface area contributed by atoms with E-state index in [-0.39, 0.29) is 24.3 Å². The number of nitrogens with zero attached hydrogens (tertiary/aromatic N) is 1. The summed E-state index contributed by atoms with van der Waals surface area (Å²) in [6.07, 6.45) is 5.72. The Morgan fingerprint density at radius 3 is 2.82 bits per heavy atom. The molecular formula is C13H24N2O2. The van der Waals surface area contributed by atoms with Crippen molar-refractivity contribution < 1.29 is 9.59 Å². The van der Waals surface area contributed by atoms with Crippen LogP contribution in [0.25, 0.3) is 0 Å². The van der Waals surface area contributed by atoms with Crippen molar-refractivity contribution in [3.05, 3.63) is 0 Å². The molecule has 1 rings (SSSR count). The van der Waals surface area contributed by atoms with Crippen molar-refractivity contribution in [2.45, 2.75) is 46.0 Å². The third kappa shape index (κ3) is 4.75. The summed E-state index contributed by atoms with van der Waals surface area (Å²) in [6, 6.07) is 0. The Kier molecular flexibility index (Phi) is 6.01. The summed E-state index contributed by atoms with van der Waals surface area (Å²) < 4.78 is 0. The van der Waals surface area contributed by atoms with Gasteiger partial charge in [0.2, 0.25) is 11.8 Å². The minimum Gasteiger partial charge on any atom is -0.353 e. The zero-order chi connectivity index (χ0) is 12.7. The predicted octanol–water partition coefficient (Wildman–Crippen LogP) is 1.55. The maximum absolute atomic E-state index is 12.1. The van der Waals surface area contributed by atoms with Crippen molar-refractivity contribution >= 4 is 11.8 Å². The summed E-state index contributed by atoms with van der Waals surface area (Å²) in [7, 11) is 0. The van der Waals surface area contributed by atoms with Gasteiger partial charge in [-0.3, -0.25) is 9.59 Å². The number of carbonyl (C=O) groups is 2. The molecule has 1 saturated heterocycles. The highest BCUT2D eigenvalue weighted by atomic mass is 16.2. The Bertz CT molecular complexity index is 266. The lowest BCUT2D eigenvalue weighted by atomic mass is 10.0. The molecule has 1 atom stereocenters. The van der Waals surface area contributed by atoms with Gasteiger partial charge < -0.3 is 10.2 Å². The number of amides is 2. The van der Waals surface area contributed by atoms with E-state index in [4.69, 9.17) is 0 Å². The van der Waals surface area contributed by atoms with E-state index in [0.717, 1.165) is 12.8 Å². The number of hydrogen-bond donors (Lipinski definition) is 1. The minimum absolute atomic E-state index is 0.0391. The lowest BCUT2D eigenvalue weighted by Crippen LogP contribution is -2.51. The first-order valence-corrected chi connectivity index (χ1v) is 6.70. The molecule has 1 N–H and O–H groups in total. The minimum atomic E-state index is -0.0391. The lowest BCUT2D eigenvalue weighted by Gasteiger charge is -2.29. The van der Waals surface area contributed by atoms with Crippen molar-refractivity contribution in [1.82, 2.24) is 10.2 Å². The molecule has 0 radical (unpaired) electrons. The maximum Gasteiger partial charge on any atom is 0.239 e. The molecule has 0 saturated carbocycles. The van der Waals surface area contributed by atoms with Crippen molar-refractivity contribution in [2.75, 3.05) is 19.6 Å². The number of piperazine rings is 1. The summed E-state index contributed by atoms with van der Waals surface area (Å²) >= 11 is 0. The van der Waals surface area contributed by atoms with E-state index in [2.05, 4.69) is 12.2 Å². The van der Waals surface area contributed by atoms with Gasteiger partial charge in [0, 0.05) is 19.0 Å². The average Bonchev–Trinajstić information content (AvgIpc) is 2.33. The summed E-state index contributed by atoms with van der Waals surface area (Å²) in [5.41, 5.74) is 0. The van der Waals surface area contributed by atoms with Crippen LogP contribution in [0.15, 0.2) is 0 Å². The number of rotatable bonds is 6. The van der Waals surface area contributed by atoms with Gasteiger partial charge in [-0.25, -0.2) is 0 Å². The molecule has 0 bridgehead atoms. The molecule has 17 heavy (non-hydrogen) atoms. The van der Waals surface area contributed by atoms with Crippen LogP contribution in [-0.2, 0) is 9.59 Å². The zero-order valence-electron chi connectivity index (χ0n) is 11.0. The standard InChI is InChI=1S/C13H24N2O2/c1-3-4-5-6-7-11(2)13(17)15-9-8-14-12(16)10-15/h11H,3-10H2,1-2H3,(H,14,16). The van der Waals surface area contributed by atoms with E-state index in [1.54, 1.807) is 4.90 Å². The number of hydrogen-bond acceptors (Lipinski definition) is 2. The van der Waals surface area contributed by atoms with Gasteiger partial charge in [0.05, 0.1) is 6.54 Å². The fourth-order valence-corrected chi connectivity index (χ4v) is 2.14. The van der Waals surface area contributed by atoms with Gasteiger partial charge in [-0.2, -0.15) is 0 Å². The molecule has 0 spiro atoms. The van der Waals surface area contributed by atoms with Crippen molar-refractivity contribution in [1.29, 1.82) is 0 Å². The van der Waals surface area contributed by atoms with Crippen LogP contribution >= 0.6 is 0 Å². The SMILES string of the molecule is CCCCCCC(C)C(=O)N1CCNC(=O)C1. The molecular weight excluding hydrogens is 216 g/mol. The summed E-state index contributed by atoms with van der Waals surface area (Å²) in [5.74, 6) is 0.150. The maximum atomic E-state index is 12.1. The molecule has 1 aliphatic heterocycles. The fraction of sp³-hybridized carbons (Fsp3) is 0.846. The second-order valence-corrected chi connectivity index (χ2v) is 4.86. The van der Waals surface area contributed by atoms with Crippen molar-refractivity contribution in [3.63, 3.8) is 0 Å². The Labute approximate surface area is 104 Å². The van der Waals surface area contributed by atoms with Gasteiger partial charge in [-0.15, -0.1) is 0 Å². The molecule has 98 valence electrons. The molecule has 4 heteroatoms. The van der Waals surface area contributed by atoms with E-state index < -0.39 is 0 Å². The average molecular weight is 240 g/mol. The molecule has 0 aromatic heterocycles. The van der Waals surface area contributed by atoms with E-state index in [9.17, 15) is 9.59 Å². The second kappa shape index (κ2) is 7.30. The molecule has 0 aromatic rings. The zero-order valence-corrected chi connectivity index (χ0v) is 11.0. The number of unbranched alkanes of at least 4 members (excludes halogenated alkanes) is 3. The van der Waals surface area contributed by atoms with E-state index in [1.807, 2.05) is 6.92 Å². The lowest BCUT2D eigenvalue weighted by molar-refractivity contribution is -0.141. The van der Waals surface area contributed by atoms with E-state index >= 15 is 0 Å². The number of carbonyl (C=O) groups excluding carboxylic acids is 2. The first-order valence-electron chi connectivity index (χ1n) is 6.70. The van der Waals surface area contributed by atoms with Crippen LogP contribution in [0.5, 0.6) is 0 Å². The first kappa shape index (κ1) is 14.0. The topological polar surface area (TPSA) is 49.4 Å². The molecule has 2 amide bonds. The Hall–Kier alpha value is -1.06. The molecule has 1 heterocycles. The van der Waals surface area contributed by atoms with Crippen LogP contribution in [0.4, 0.5) is 0 Å².